The first kappa shape index (κ1) is 14.4. The van der Waals surface area contributed by atoms with Crippen LogP contribution in [0, 0.1) is 5.92 Å². The summed E-state index contributed by atoms with van der Waals surface area (Å²) in [6.07, 6.45) is 0. The lowest BCUT2D eigenvalue weighted by molar-refractivity contribution is 0.0196. The lowest BCUT2D eigenvalue weighted by atomic mass is 10.2. The number of hydroxylamine groups is 1. The average molecular weight is 251 g/mol. The van der Waals surface area contributed by atoms with Gasteiger partial charge in [-0.2, -0.15) is 5.48 Å². The summed E-state index contributed by atoms with van der Waals surface area (Å²) >= 11 is 0. The molecule has 0 spiro atoms. The van der Waals surface area contributed by atoms with E-state index in [1.165, 1.54) is 10.8 Å². The Bertz CT molecular complexity index is 327. The normalized spacial score (nSPS) is 12.1. The van der Waals surface area contributed by atoms with E-state index in [9.17, 15) is 0 Å². The fourth-order valence-electron chi connectivity index (χ4n) is 1.48. The first-order valence-electron chi connectivity index (χ1n) is 6.33. The van der Waals surface area contributed by atoms with Crippen LogP contribution in [0.4, 0.5) is 0 Å². The van der Waals surface area contributed by atoms with Gasteiger partial charge in [-0.3, -0.25) is 0 Å². The Morgan fingerprint density at radius 3 is 2.18 bits per heavy atom. The van der Waals surface area contributed by atoms with Crippen molar-refractivity contribution in [2.75, 3.05) is 6.61 Å². The first-order chi connectivity index (χ1) is 7.89. The van der Waals surface area contributed by atoms with Gasteiger partial charge >= 0.3 is 0 Å². The molecule has 2 nitrogen and oxygen atoms in total. The highest BCUT2D eigenvalue weighted by Gasteiger charge is 2.15. The number of rotatable bonds is 6. The number of hydrogen-bond donors (Lipinski definition) is 1. The Labute approximate surface area is 106 Å². The molecule has 0 heterocycles. The van der Waals surface area contributed by atoms with E-state index in [2.05, 4.69) is 63.2 Å². The fourth-order valence-corrected chi connectivity index (χ4v) is 2.65. The number of benzene rings is 1. The Kier molecular flexibility index (Phi) is 5.37. The predicted octanol–water partition coefficient (Wildman–Crippen LogP) is 2.91. The third kappa shape index (κ3) is 5.48. The summed E-state index contributed by atoms with van der Waals surface area (Å²) in [5.74, 6) is 0.566. The SMILES string of the molecule is CC(C)CONCc1ccc([Si](C)(C)C)cc1. The molecule has 0 bridgehead atoms. The van der Waals surface area contributed by atoms with Gasteiger partial charge in [0.05, 0.1) is 14.7 Å². The van der Waals surface area contributed by atoms with Crippen LogP contribution in [0.15, 0.2) is 24.3 Å². The van der Waals surface area contributed by atoms with Crippen LogP contribution < -0.4 is 10.7 Å². The zero-order valence-corrected chi connectivity index (χ0v) is 12.7. The molecule has 1 rings (SSSR count). The van der Waals surface area contributed by atoms with Crippen molar-refractivity contribution >= 4 is 13.3 Å². The highest BCUT2D eigenvalue weighted by Crippen LogP contribution is 2.04. The minimum absolute atomic E-state index is 0.566. The summed E-state index contributed by atoms with van der Waals surface area (Å²) in [6, 6.07) is 8.90. The van der Waals surface area contributed by atoms with Crippen molar-refractivity contribution < 1.29 is 4.84 Å². The van der Waals surface area contributed by atoms with Crippen molar-refractivity contribution in [2.24, 2.45) is 5.92 Å². The highest BCUT2D eigenvalue weighted by atomic mass is 28.3. The molecule has 0 unspecified atom stereocenters. The minimum atomic E-state index is -1.16. The van der Waals surface area contributed by atoms with Gasteiger partial charge in [0.15, 0.2) is 0 Å². The largest absolute Gasteiger partial charge is 0.301 e. The molecule has 0 aliphatic carbocycles. The Morgan fingerprint density at radius 2 is 1.71 bits per heavy atom. The van der Waals surface area contributed by atoms with Gasteiger partial charge < -0.3 is 4.84 Å². The molecule has 0 atom stereocenters. The van der Waals surface area contributed by atoms with Crippen LogP contribution in [-0.4, -0.2) is 14.7 Å². The van der Waals surface area contributed by atoms with E-state index < -0.39 is 8.07 Å². The molecular formula is C14H25NOSi. The smallest absolute Gasteiger partial charge is 0.0775 e. The van der Waals surface area contributed by atoms with Crippen LogP contribution in [0.5, 0.6) is 0 Å². The molecular weight excluding hydrogens is 226 g/mol. The van der Waals surface area contributed by atoms with Gasteiger partial charge in [-0.1, -0.05) is 62.9 Å². The Balaban J connectivity index is 2.41. The van der Waals surface area contributed by atoms with Gasteiger partial charge in [-0.05, 0) is 11.5 Å². The average Bonchev–Trinajstić information content (AvgIpc) is 2.23. The summed E-state index contributed by atoms with van der Waals surface area (Å²) in [6.45, 7) is 12.9. The Hall–Kier alpha value is -0.643. The molecule has 0 aromatic heterocycles. The lowest BCUT2D eigenvalue weighted by Gasteiger charge is -2.16. The van der Waals surface area contributed by atoms with Gasteiger partial charge in [0.25, 0.3) is 0 Å². The topological polar surface area (TPSA) is 21.3 Å². The lowest BCUT2D eigenvalue weighted by Crippen LogP contribution is -2.37. The molecule has 1 aromatic carbocycles. The molecule has 0 saturated heterocycles. The maximum absolute atomic E-state index is 5.36. The van der Waals surface area contributed by atoms with E-state index in [0.717, 1.165) is 13.2 Å². The van der Waals surface area contributed by atoms with Crippen LogP contribution in [0.25, 0.3) is 0 Å². The van der Waals surface area contributed by atoms with Crippen molar-refractivity contribution in [2.45, 2.75) is 40.0 Å². The van der Waals surface area contributed by atoms with Crippen LogP contribution in [0.3, 0.4) is 0 Å². The second-order valence-electron chi connectivity index (χ2n) is 5.97. The summed E-state index contributed by atoms with van der Waals surface area (Å²) in [7, 11) is -1.16. The molecule has 1 aromatic rings. The second-order valence-corrected chi connectivity index (χ2v) is 11.1. The standard InChI is InChI=1S/C14H25NOSi/c1-12(2)11-16-15-10-13-6-8-14(9-7-13)17(3,4)5/h6-9,12,15H,10-11H2,1-5H3. The quantitative estimate of drug-likeness (QED) is 0.477. The summed E-state index contributed by atoms with van der Waals surface area (Å²) in [5, 5.41) is 1.50. The summed E-state index contributed by atoms with van der Waals surface area (Å²) in [4.78, 5) is 5.36. The fraction of sp³-hybridized carbons (Fsp3) is 0.571. The molecule has 0 aliphatic rings. The monoisotopic (exact) mass is 251 g/mol. The van der Waals surface area contributed by atoms with Crippen molar-refractivity contribution in [3.8, 4) is 0 Å². The van der Waals surface area contributed by atoms with Crippen LogP contribution in [0.2, 0.25) is 19.6 Å². The maximum atomic E-state index is 5.36. The van der Waals surface area contributed by atoms with Crippen molar-refractivity contribution in [3.05, 3.63) is 29.8 Å². The van der Waals surface area contributed by atoms with Crippen molar-refractivity contribution in [1.29, 1.82) is 0 Å². The molecule has 0 aliphatic heterocycles. The first-order valence-corrected chi connectivity index (χ1v) is 9.83. The molecule has 17 heavy (non-hydrogen) atoms. The summed E-state index contributed by atoms with van der Waals surface area (Å²) < 4.78 is 0. The van der Waals surface area contributed by atoms with Gasteiger partial charge in [-0.25, -0.2) is 0 Å². The van der Waals surface area contributed by atoms with Gasteiger partial charge in [0.1, 0.15) is 0 Å². The van der Waals surface area contributed by atoms with E-state index >= 15 is 0 Å². The van der Waals surface area contributed by atoms with Crippen LogP contribution in [0.1, 0.15) is 19.4 Å². The van der Waals surface area contributed by atoms with Crippen LogP contribution >= 0.6 is 0 Å². The van der Waals surface area contributed by atoms with Crippen LogP contribution in [-0.2, 0) is 11.4 Å². The molecule has 0 fully saturated rings. The van der Waals surface area contributed by atoms with Gasteiger partial charge in [0.2, 0.25) is 0 Å². The highest BCUT2D eigenvalue weighted by molar-refractivity contribution is 6.88. The Morgan fingerprint density at radius 1 is 1.12 bits per heavy atom. The molecule has 96 valence electrons. The number of nitrogens with one attached hydrogen (secondary N) is 1. The van der Waals surface area contributed by atoms with E-state index in [4.69, 9.17) is 4.84 Å². The van der Waals surface area contributed by atoms with Gasteiger partial charge in [0, 0.05) is 6.54 Å². The molecule has 0 radical (unpaired) electrons. The van der Waals surface area contributed by atoms with E-state index in [1.54, 1.807) is 0 Å². The van der Waals surface area contributed by atoms with Gasteiger partial charge in [-0.15, -0.1) is 0 Å². The zero-order valence-electron chi connectivity index (χ0n) is 11.7. The van der Waals surface area contributed by atoms with E-state index in [-0.39, 0.29) is 0 Å². The molecule has 0 saturated carbocycles. The second kappa shape index (κ2) is 6.33. The van der Waals surface area contributed by atoms with Crippen molar-refractivity contribution in [3.63, 3.8) is 0 Å². The minimum Gasteiger partial charge on any atom is -0.301 e. The maximum Gasteiger partial charge on any atom is 0.0775 e. The zero-order chi connectivity index (χ0) is 12.9. The summed E-state index contributed by atoms with van der Waals surface area (Å²) in [5.41, 5.74) is 4.28. The number of hydrogen-bond acceptors (Lipinski definition) is 2. The molecule has 0 amide bonds. The third-order valence-corrected chi connectivity index (χ3v) is 4.68. The van der Waals surface area contributed by atoms with E-state index in [0.29, 0.717) is 5.92 Å². The van der Waals surface area contributed by atoms with Crippen molar-refractivity contribution in [1.82, 2.24) is 5.48 Å². The molecule has 3 heteroatoms. The van der Waals surface area contributed by atoms with E-state index in [1.807, 2.05) is 0 Å². The predicted molar refractivity (Wildman–Crippen MR) is 77.1 cm³/mol. The third-order valence-electron chi connectivity index (χ3n) is 2.61. The molecule has 1 N–H and O–H groups in total.